The molecule has 1 N–H and O–H groups in total. The number of benzene rings is 1. The number of carbonyl (C=O) groups is 1. The lowest BCUT2D eigenvalue weighted by atomic mass is 10.1. The van der Waals surface area contributed by atoms with Crippen molar-refractivity contribution in [1.29, 1.82) is 0 Å². The van der Waals surface area contributed by atoms with E-state index in [-0.39, 0.29) is 11.7 Å². The van der Waals surface area contributed by atoms with Crippen molar-refractivity contribution in [2.24, 2.45) is 0 Å². The Balaban J connectivity index is 1.96. The van der Waals surface area contributed by atoms with Crippen molar-refractivity contribution in [3.63, 3.8) is 0 Å². The molecule has 0 aliphatic carbocycles. The summed E-state index contributed by atoms with van der Waals surface area (Å²) in [4.78, 5) is 17.0. The zero-order chi connectivity index (χ0) is 14.1. The number of aromatic amines is 1. The summed E-state index contributed by atoms with van der Waals surface area (Å²) in [5.74, 6) is -0.354. The molecule has 0 unspecified atom stereocenters. The predicted octanol–water partition coefficient (Wildman–Crippen LogP) is 2.34. The Morgan fingerprint density at radius 2 is 2.15 bits per heavy atom. The van der Waals surface area contributed by atoms with Crippen molar-refractivity contribution < 1.29 is 13.9 Å². The van der Waals surface area contributed by atoms with Crippen molar-refractivity contribution in [3.8, 4) is 0 Å². The number of aromatic nitrogens is 1. The molecule has 2 heterocycles. The third-order valence-corrected chi connectivity index (χ3v) is 3.72. The molecule has 1 amide bonds. The van der Waals surface area contributed by atoms with Crippen LogP contribution in [0.5, 0.6) is 0 Å². The fourth-order valence-corrected chi connectivity index (χ4v) is 2.53. The lowest BCUT2D eigenvalue weighted by molar-refractivity contribution is 0.0299. The first-order valence-electron chi connectivity index (χ1n) is 6.88. The van der Waals surface area contributed by atoms with Gasteiger partial charge in [-0.2, -0.15) is 0 Å². The third kappa shape index (κ3) is 2.18. The number of carbonyl (C=O) groups excluding carboxylic acids is 1. The zero-order valence-corrected chi connectivity index (χ0v) is 11.4. The molecule has 0 atom stereocenters. The first kappa shape index (κ1) is 13.1. The van der Waals surface area contributed by atoms with Gasteiger partial charge in [-0.15, -0.1) is 0 Å². The molecule has 0 bridgehead atoms. The lowest BCUT2D eigenvalue weighted by Gasteiger charge is -2.26. The Labute approximate surface area is 116 Å². The van der Waals surface area contributed by atoms with Crippen LogP contribution in [-0.4, -0.2) is 42.1 Å². The van der Waals surface area contributed by atoms with Crippen LogP contribution in [0.4, 0.5) is 4.39 Å². The predicted molar refractivity (Wildman–Crippen MR) is 74.4 cm³/mol. The highest BCUT2D eigenvalue weighted by atomic mass is 19.1. The minimum absolute atomic E-state index is 0.0954. The van der Waals surface area contributed by atoms with Crippen LogP contribution >= 0.6 is 0 Å². The van der Waals surface area contributed by atoms with E-state index in [1.165, 1.54) is 0 Å². The van der Waals surface area contributed by atoms with Crippen LogP contribution in [0.15, 0.2) is 18.2 Å². The van der Waals surface area contributed by atoms with E-state index in [2.05, 4.69) is 4.98 Å². The van der Waals surface area contributed by atoms with Gasteiger partial charge < -0.3 is 14.6 Å². The average molecular weight is 276 g/mol. The van der Waals surface area contributed by atoms with Gasteiger partial charge in [0.2, 0.25) is 0 Å². The summed E-state index contributed by atoms with van der Waals surface area (Å²) in [6.07, 6.45) is 0.632. The van der Waals surface area contributed by atoms with Crippen molar-refractivity contribution >= 4 is 16.8 Å². The molecule has 0 saturated carbocycles. The molecule has 0 spiro atoms. The monoisotopic (exact) mass is 276 g/mol. The fraction of sp³-hybridized carbons (Fsp3) is 0.400. The highest BCUT2D eigenvalue weighted by Gasteiger charge is 2.21. The molecule has 1 aliphatic heterocycles. The zero-order valence-electron chi connectivity index (χ0n) is 11.4. The van der Waals surface area contributed by atoms with Gasteiger partial charge in [-0.05, 0) is 18.1 Å². The molecule has 106 valence electrons. The summed E-state index contributed by atoms with van der Waals surface area (Å²) in [6.45, 7) is 4.18. The van der Waals surface area contributed by atoms with Gasteiger partial charge in [0.15, 0.2) is 0 Å². The second kappa shape index (κ2) is 5.25. The topological polar surface area (TPSA) is 45.3 Å². The third-order valence-electron chi connectivity index (χ3n) is 3.72. The van der Waals surface area contributed by atoms with Crippen LogP contribution in [0, 0.1) is 5.82 Å². The maximum atomic E-state index is 14.2. The summed E-state index contributed by atoms with van der Waals surface area (Å²) in [5, 5.41) is 0.733. The Kier molecular flexibility index (Phi) is 3.44. The van der Waals surface area contributed by atoms with Crippen LogP contribution in [0.25, 0.3) is 10.9 Å². The molecular weight excluding hydrogens is 259 g/mol. The number of amides is 1. The molecule has 1 aliphatic rings. The summed E-state index contributed by atoms with van der Waals surface area (Å²) < 4.78 is 19.4. The second-order valence-electron chi connectivity index (χ2n) is 4.94. The quantitative estimate of drug-likeness (QED) is 0.915. The first-order valence-corrected chi connectivity index (χ1v) is 6.88. The maximum Gasteiger partial charge on any atom is 0.270 e. The van der Waals surface area contributed by atoms with E-state index in [4.69, 9.17) is 4.74 Å². The standard InChI is InChI=1S/C15H17FN2O2/c1-2-10-3-4-11-9-12(17-14(11)13(10)16)15(19)18-5-7-20-8-6-18/h3-4,9,17H,2,5-8H2,1H3. The number of H-pyrrole nitrogens is 1. The largest absolute Gasteiger partial charge is 0.378 e. The van der Waals surface area contributed by atoms with E-state index in [9.17, 15) is 9.18 Å². The summed E-state index contributed by atoms with van der Waals surface area (Å²) in [7, 11) is 0. The molecule has 3 rings (SSSR count). The lowest BCUT2D eigenvalue weighted by Crippen LogP contribution is -2.40. The van der Waals surface area contributed by atoms with Crippen LogP contribution in [0.1, 0.15) is 23.0 Å². The number of hydrogen-bond acceptors (Lipinski definition) is 2. The number of halogens is 1. The Bertz CT molecular complexity index is 645. The minimum atomic E-state index is -0.258. The molecule has 4 nitrogen and oxygen atoms in total. The van der Waals surface area contributed by atoms with Gasteiger partial charge in [-0.3, -0.25) is 4.79 Å². The van der Waals surface area contributed by atoms with Gasteiger partial charge in [0, 0.05) is 18.5 Å². The first-order chi connectivity index (χ1) is 9.70. The van der Waals surface area contributed by atoms with Crippen molar-refractivity contribution in [3.05, 3.63) is 35.3 Å². The van der Waals surface area contributed by atoms with Gasteiger partial charge in [0.05, 0.1) is 18.7 Å². The minimum Gasteiger partial charge on any atom is -0.378 e. The van der Waals surface area contributed by atoms with Crippen molar-refractivity contribution in [2.75, 3.05) is 26.3 Å². The number of aryl methyl sites for hydroxylation is 1. The van der Waals surface area contributed by atoms with E-state index in [0.717, 1.165) is 5.39 Å². The molecule has 1 aromatic heterocycles. The molecule has 0 radical (unpaired) electrons. The number of nitrogens with zero attached hydrogens (tertiary/aromatic N) is 1. The van der Waals surface area contributed by atoms with E-state index in [0.29, 0.717) is 49.5 Å². The van der Waals surface area contributed by atoms with E-state index < -0.39 is 0 Å². The highest BCUT2D eigenvalue weighted by Crippen LogP contribution is 2.23. The summed E-state index contributed by atoms with van der Waals surface area (Å²) >= 11 is 0. The SMILES string of the molecule is CCc1ccc2cc(C(=O)N3CCOCC3)[nH]c2c1F. The number of rotatable bonds is 2. The highest BCUT2D eigenvalue weighted by molar-refractivity contribution is 5.98. The number of nitrogens with one attached hydrogen (secondary N) is 1. The van der Waals surface area contributed by atoms with Crippen LogP contribution < -0.4 is 0 Å². The Morgan fingerprint density at radius 3 is 2.85 bits per heavy atom. The van der Waals surface area contributed by atoms with E-state index >= 15 is 0 Å². The van der Waals surface area contributed by atoms with Gasteiger partial charge in [-0.1, -0.05) is 19.1 Å². The second-order valence-corrected chi connectivity index (χ2v) is 4.94. The Hall–Kier alpha value is -1.88. The molecular formula is C15H17FN2O2. The van der Waals surface area contributed by atoms with E-state index in [1.54, 1.807) is 17.0 Å². The molecule has 2 aromatic rings. The van der Waals surface area contributed by atoms with Gasteiger partial charge >= 0.3 is 0 Å². The molecule has 20 heavy (non-hydrogen) atoms. The molecule has 1 saturated heterocycles. The van der Waals surface area contributed by atoms with Crippen LogP contribution in [-0.2, 0) is 11.2 Å². The normalized spacial score (nSPS) is 15.8. The number of ether oxygens (including phenoxy) is 1. The smallest absolute Gasteiger partial charge is 0.270 e. The summed E-state index contributed by atoms with van der Waals surface area (Å²) in [5.41, 5.74) is 1.51. The van der Waals surface area contributed by atoms with Gasteiger partial charge in [0.1, 0.15) is 11.5 Å². The maximum absolute atomic E-state index is 14.2. The number of fused-ring (bicyclic) bond motifs is 1. The number of morpholine rings is 1. The number of hydrogen-bond donors (Lipinski definition) is 1. The molecule has 5 heteroatoms. The van der Waals surface area contributed by atoms with Crippen molar-refractivity contribution in [2.45, 2.75) is 13.3 Å². The summed E-state index contributed by atoms with van der Waals surface area (Å²) in [6, 6.07) is 5.34. The van der Waals surface area contributed by atoms with Crippen LogP contribution in [0.2, 0.25) is 0 Å². The van der Waals surface area contributed by atoms with Gasteiger partial charge in [0.25, 0.3) is 5.91 Å². The average Bonchev–Trinajstić information content (AvgIpc) is 2.93. The Morgan fingerprint density at radius 1 is 1.40 bits per heavy atom. The van der Waals surface area contributed by atoms with E-state index in [1.807, 2.05) is 13.0 Å². The molecule has 1 fully saturated rings. The van der Waals surface area contributed by atoms with Crippen LogP contribution in [0.3, 0.4) is 0 Å². The fourth-order valence-electron chi connectivity index (χ4n) is 2.53. The molecule has 1 aromatic carbocycles. The van der Waals surface area contributed by atoms with Gasteiger partial charge in [-0.25, -0.2) is 4.39 Å². The van der Waals surface area contributed by atoms with Crippen molar-refractivity contribution in [1.82, 2.24) is 9.88 Å².